The molecule has 2 heterocycles. The third-order valence-corrected chi connectivity index (χ3v) is 3.46. The maximum absolute atomic E-state index is 12.1. The van der Waals surface area contributed by atoms with Crippen LogP contribution in [-0.4, -0.2) is 38.1 Å². The molecule has 1 aromatic carbocycles. The first-order valence-electron chi connectivity index (χ1n) is 7.65. The molecule has 0 aliphatic heterocycles. The molecular formula is C17H14N6O3. The Bertz CT molecular complexity index is 1050. The van der Waals surface area contributed by atoms with Crippen LogP contribution >= 0.6 is 0 Å². The van der Waals surface area contributed by atoms with Crippen LogP contribution in [0.3, 0.4) is 0 Å². The Labute approximate surface area is 148 Å². The number of para-hydroxylation sites is 1. The number of aromatic nitrogens is 4. The van der Waals surface area contributed by atoms with Crippen molar-refractivity contribution in [2.24, 2.45) is 0 Å². The van der Waals surface area contributed by atoms with Crippen molar-refractivity contribution in [3.8, 4) is 6.07 Å². The average Bonchev–Trinajstić information content (AvgIpc) is 3.04. The molecule has 0 aliphatic rings. The normalized spacial score (nSPS) is 10.3. The van der Waals surface area contributed by atoms with Crippen molar-refractivity contribution < 1.29 is 14.3 Å². The number of nitrogens with zero attached hydrogens (tertiary/aromatic N) is 5. The maximum atomic E-state index is 12.1. The number of carbonyl (C=O) groups excluding carboxylic acids is 2. The van der Waals surface area contributed by atoms with Gasteiger partial charge in [0, 0.05) is 11.4 Å². The van der Waals surface area contributed by atoms with E-state index in [0.717, 1.165) is 11.4 Å². The minimum atomic E-state index is -0.837. The molecule has 26 heavy (non-hydrogen) atoms. The number of carbonyl (C=O) groups is 2. The van der Waals surface area contributed by atoms with E-state index >= 15 is 0 Å². The van der Waals surface area contributed by atoms with Crippen LogP contribution in [0.4, 0.5) is 5.69 Å². The van der Waals surface area contributed by atoms with Gasteiger partial charge in [-0.2, -0.15) is 10.2 Å². The van der Waals surface area contributed by atoms with Crippen LogP contribution in [0.1, 0.15) is 27.6 Å². The summed E-state index contributed by atoms with van der Waals surface area (Å²) < 4.78 is 6.36. The Morgan fingerprint density at radius 2 is 2.04 bits per heavy atom. The van der Waals surface area contributed by atoms with Crippen molar-refractivity contribution >= 4 is 23.3 Å². The molecule has 0 bridgehead atoms. The monoisotopic (exact) mass is 350 g/mol. The summed E-state index contributed by atoms with van der Waals surface area (Å²) in [4.78, 5) is 32.2. The zero-order valence-electron chi connectivity index (χ0n) is 14.1. The summed E-state index contributed by atoms with van der Waals surface area (Å²) in [6.45, 7) is 3.09. The largest absolute Gasteiger partial charge is 0.450 e. The molecule has 0 radical (unpaired) electrons. The van der Waals surface area contributed by atoms with E-state index in [2.05, 4.69) is 20.4 Å². The van der Waals surface area contributed by atoms with Gasteiger partial charge < -0.3 is 10.1 Å². The van der Waals surface area contributed by atoms with Crippen molar-refractivity contribution in [1.82, 2.24) is 19.6 Å². The number of nitrogens with one attached hydrogen (secondary N) is 1. The van der Waals surface area contributed by atoms with Crippen LogP contribution in [0.2, 0.25) is 0 Å². The molecular weight excluding hydrogens is 336 g/mol. The smallest absolute Gasteiger partial charge is 0.378 e. The quantitative estimate of drug-likeness (QED) is 0.706. The minimum absolute atomic E-state index is 0.184. The molecule has 9 heteroatoms. The molecule has 0 fully saturated rings. The molecule has 9 nitrogen and oxygen atoms in total. The van der Waals surface area contributed by atoms with Crippen molar-refractivity contribution in [3.63, 3.8) is 0 Å². The van der Waals surface area contributed by atoms with E-state index in [9.17, 15) is 9.59 Å². The van der Waals surface area contributed by atoms with Crippen LogP contribution < -0.4 is 5.32 Å². The van der Waals surface area contributed by atoms with Gasteiger partial charge in [0.25, 0.3) is 17.5 Å². The number of fused-ring (bicyclic) bond motifs is 1. The lowest BCUT2D eigenvalue weighted by atomic mass is 10.2. The highest BCUT2D eigenvalue weighted by Crippen LogP contribution is 2.13. The molecule has 3 aromatic rings. The topological polar surface area (TPSA) is 122 Å². The summed E-state index contributed by atoms with van der Waals surface area (Å²) in [7, 11) is 0. The van der Waals surface area contributed by atoms with Crippen molar-refractivity contribution in [3.05, 3.63) is 53.1 Å². The summed E-state index contributed by atoms with van der Waals surface area (Å²) in [6.07, 6.45) is 0. The second-order valence-electron chi connectivity index (χ2n) is 5.47. The SMILES string of the molecule is Cc1cc(C)n2nc(C(=O)OCC(=O)Nc3ccccc3C#N)nc2n1. The third-order valence-electron chi connectivity index (χ3n) is 3.46. The fourth-order valence-electron chi connectivity index (χ4n) is 2.32. The zero-order chi connectivity index (χ0) is 18.7. The summed E-state index contributed by atoms with van der Waals surface area (Å²) >= 11 is 0. The van der Waals surface area contributed by atoms with E-state index in [0.29, 0.717) is 11.3 Å². The number of aryl methyl sites for hydroxylation is 2. The van der Waals surface area contributed by atoms with Gasteiger partial charge in [0.1, 0.15) is 6.07 Å². The molecule has 0 unspecified atom stereocenters. The molecule has 1 amide bonds. The van der Waals surface area contributed by atoms with Gasteiger partial charge in [0.15, 0.2) is 6.61 Å². The average molecular weight is 350 g/mol. The van der Waals surface area contributed by atoms with Gasteiger partial charge in [-0.05, 0) is 32.0 Å². The highest BCUT2D eigenvalue weighted by Gasteiger charge is 2.18. The number of rotatable bonds is 4. The number of anilines is 1. The number of hydrogen-bond donors (Lipinski definition) is 1. The molecule has 130 valence electrons. The maximum Gasteiger partial charge on any atom is 0.378 e. The van der Waals surface area contributed by atoms with Crippen LogP contribution in [0.25, 0.3) is 5.78 Å². The molecule has 0 atom stereocenters. The standard InChI is InChI=1S/C17H14N6O3/c1-10-7-11(2)23-17(19-10)21-15(22-23)16(25)26-9-14(24)20-13-6-4-3-5-12(13)8-18/h3-7H,9H2,1-2H3,(H,20,24). The van der Waals surface area contributed by atoms with Crippen molar-refractivity contribution in [2.75, 3.05) is 11.9 Å². The summed E-state index contributed by atoms with van der Waals surface area (Å²) in [5.41, 5.74) is 2.17. The molecule has 0 aliphatic carbocycles. The fourth-order valence-corrected chi connectivity index (χ4v) is 2.32. The predicted octanol–water partition coefficient (Wildman–Crippen LogP) is 1.41. The lowest BCUT2D eigenvalue weighted by molar-refractivity contribution is -0.119. The lowest BCUT2D eigenvalue weighted by Gasteiger charge is -2.06. The van der Waals surface area contributed by atoms with E-state index in [1.54, 1.807) is 30.3 Å². The van der Waals surface area contributed by atoms with Crippen LogP contribution in [0.5, 0.6) is 0 Å². The van der Waals surface area contributed by atoms with Crippen LogP contribution in [0, 0.1) is 25.2 Å². The Morgan fingerprint density at radius 1 is 1.27 bits per heavy atom. The number of amides is 1. The number of hydrogen-bond acceptors (Lipinski definition) is 7. The summed E-state index contributed by atoms with van der Waals surface area (Å²) in [5, 5.41) is 15.5. The molecule has 0 spiro atoms. The highest BCUT2D eigenvalue weighted by molar-refractivity contribution is 5.95. The molecule has 0 saturated heterocycles. The lowest BCUT2D eigenvalue weighted by Crippen LogP contribution is -2.21. The van der Waals surface area contributed by atoms with Gasteiger partial charge in [-0.15, -0.1) is 5.10 Å². The Morgan fingerprint density at radius 3 is 2.81 bits per heavy atom. The first-order valence-corrected chi connectivity index (χ1v) is 7.65. The molecule has 2 aromatic heterocycles. The fraction of sp³-hybridized carbons (Fsp3) is 0.176. The second-order valence-corrected chi connectivity index (χ2v) is 5.47. The summed E-state index contributed by atoms with van der Waals surface area (Å²) in [6, 6.07) is 10.3. The number of ether oxygens (including phenoxy) is 1. The van der Waals surface area contributed by atoms with Gasteiger partial charge in [0.05, 0.1) is 11.3 Å². The van der Waals surface area contributed by atoms with E-state index < -0.39 is 18.5 Å². The first kappa shape index (κ1) is 17.0. The van der Waals surface area contributed by atoms with Crippen LogP contribution in [-0.2, 0) is 9.53 Å². The number of benzene rings is 1. The minimum Gasteiger partial charge on any atom is -0.450 e. The van der Waals surface area contributed by atoms with E-state index in [1.165, 1.54) is 4.52 Å². The highest BCUT2D eigenvalue weighted by atomic mass is 16.5. The van der Waals surface area contributed by atoms with E-state index in [4.69, 9.17) is 10.00 Å². The third kappa shape index (κ3) is 3.49. The van der Waals surface area contributed by atoms with Gasteiger partial charge >= 0.3 is 5.97 Å². The molecule has 3 rings (SSSR count). The zero-order valence-corrected chi connectivity index (χ0v) is 14.1. The van der Waals surface area contributed by atoms with Crippen molar-refractivity contribution in [2.45, 2.75) is 13.8 Å². The van der Waals surface area contributed by atoms with Gasteiger partial charge in [0.2, 0.25) is 0 Å². The number of esters is 1. The Kier molecular flexibility index (Phi) is 4.57. The Hall–Kier alpha value is -3.80. The van der Waals surface area contributed by atoms with Gasteiger partial charge in [-0.1, -0.05) is 12.1 Å². The van der Waals surface area contributed by atoms with E-state index in [-0.39, 0.29) is 11.6 Å². The number of nitriles is 1. The van der Waals surface area contributed by atoms with Crippen LogP contribution in [0.15, 0.2) is 30.3 Å². The summed E-state index contributed by atoms with van der Waals surface area (Å²) in [5.74, 6) is -1.32. The Balaban J connectivity index is 1.66. The predicted molar refractivity (Wildman–Crippen MR) is 90.3 cm³/mol. The van der Waals surface area contributed by atoms with Gasteiger partial charge in [-0.25, -0.2) is 14.3 Å². The molecule has 0 saturated carbocycles. The van der Waals surface area contributed by atoms with Crippen molar-refractivity contribution in [1.29, 1.82) is 5.26 Å². The molecule has 1 N–H and O–H groups in total. The van der Waals surface area contributed by atoms with Gasteiger partial charge in [-0.3, -0.25) is 4.79 Å². The first-order chi connectivity index (χ1) is 12.5. The van der Waals surface area contributed by atoms with E-state index in [1.807, 2.05) is 19.9 Å². The second kappa shape index (κ2) is 6.98.